The van der Waals surface area contributed by atoms with Crippen LogP contribution >= 0.6 is 11.6 Å². The molecule has 168 valence electrons. The molecule has 8 heteroatoms. The maximum absolute atomic E-state index is 12.5. The van der Waals surface area contributed by atoms with Gasteiger partial charge in [-0.05, 0) is 76.4 Å². The highest BCUT2D eigenvalue weighted by Gasteiger charge is 2.21. The zero-order valence-electron chi connectivity index (χ0n) is 18.0. The Morgan fingerprint density at radius 2 is 1.90 bits per heavy atom. The summed E-state index contributed by atoms with van der Waals surface area (Å²) in [7, 11) is 0. The van der Waals surface area contributed by atoms with Gasteiger partial charge in [-0.25, -0.2) is 0 Å². The minimum Gasteiger partial charge on any atom is -0.403 e. The molecule has 4 rings (SSSR count). The number of anilines is 2. The van der Waals surface area contributed by atoms with E-state index in [9.17, 15) is 4.79 Å². The van der Waals surface area contributed by atoms with E-state index in [-0.39, 0.29) is 11.8 Å². The summed E-state index contributed by atoms with van der Waals surface area (Å²) in [6.45, 7) is 4.44. The molecule has 1 aromatic heterocycles. The predicted octanol–water partition coefficient (Wildman–Crippen LogP) is 5.20. The van der Waals surface area contributed by atoms with Crippen molar-refractivity contribution in [3.63, 3.8) is 0 Å². The Morgan fingerprint density at radius 1 is 1.10 bits per heavy atom. The number of benzene rings is 1. The quantitative estimate of drug-likeness (QED) is 0.516. The van der Waals surface area contributed by atoms with Gasteiger partial charge in [-0.2, -0.15) is 0 Å². The van der Waals surface area contributed by atoms with Gasteiger partial charge in [0.25, 0.3) is 5.89 Å². The number of halogens is 1. The van der Waals surface area contributed by atoms with E-state index >= 15 is 0 Å². The van der Waals surface area contributed by atoms with Gasteiger partial charge < -0.3 is 20.0 Å². The number of hydrogen-bond donors (Lipinski definition) is 2. The summed E-state index contributed by atoms with van der Waals surface area (Å²) in [5, 5.41) is 14.8. The molecule has 2 aliphatic rings. The number of hydrogen-bond acceptors (Lipinski definition) is 6. The summed E-state index contributed by atoms with van der Waals surface area (Å²) >= 11 is 6.45. The van der Waals surface area contributed by atoms with Crippen molar-refractivity contribution in [1.82, 2.24) is 15.1 Å². The van der Waals surface area contributed by atoms with Gasteiger partial charge in [0.1, 0.15) is 0 Å². The van der Waals surface area contributed by atoms with E-state index in [0.29, 0.717) is 28.2 Å². The average Bonchev–Trinajstić information content (AvgIpc) is 3.47. The molecule has 0 atom stereocenters. The first kappa shape index (κ1) is 22.1. The van der Waals surface area contributed by atoms with Gasteiger partial charge in [0.2, 0.25) is 5.91 Å². The van der Waals surface area contributed by atoms with Crippen LogP contribution in [0.5, 0.6) is 0 Å². The lowest BCUT2D eigenvalue weighted by atomic mass is 9.88. The van der Waals surface area contributed by atoms with E-state index in [1.54, 1.807) is 6.07 Å². The largest absolute Gasteiger partial charge is 0.403 e. The van der Waals surface area contributed by atoms with Crippen LogP contribution in [0.15, 0.2) is 22.6 Å². The summed E-state index contributed by atoms with van der Waals surface area (Å²) in [6.07, 6.45) is 10.3. The van der Waals surface area contributed by atoms with Gasteiger partial charge in [-0.3, -0.25) is 4.79 Å². The number of carbonyl (C=O) groups excluding carboxylic acids is 1. The molecule has 7 nitrogen and oxygen atoms in total. The number of rotatable bonds is 9. The standard InChI is InChI=1S/C23H32ClN5O2/c24-20-16-18(26-21(30)17-8-2-1-3-9-17)10-11-19(20)22-27-28-23(31-22)25-12-4-5-13-29-14-6-7-15-29/h10-11,16-17H,1-9,12-15H2,(H,25,28)(H,26,30). The summed E-state index contributed by atoms with van der Waals surface area (Å²) in [5.41, 5.74) is 1.35. The van der Waals surface area contributed by atoms with Crippen LogP contribution in [0.1, 0.15) is 57.8 Å². The van der Waals surface area contributed by atoms with Crippen molar-refractivity contribution < 1.29 is 9.21 Å². The Morgan fingerprint density at radius 3 is 2.68 bits per heavy atom. The average molecular weight is 446 g/mol. The molecule has 31 heavy (non-hydrogen) atoms. The third-order valence-electron chi connectivity index (χ3n) is 6.24. The summed E-state index contributed by atoms with van der Waals surface area (Å²) in [5.74, 6) is 0.555. The second-order valence-electron chi connectivity index (χ2n) is 8.61. The number of carbonyl (C=O) groups is 1. The van der Waals surface area contributed by atoms with Crippen LogP contribution < -0.4 is 10.6 Å². The molecule has 2 aromatic rings. The third kappa shape index (κ3) is 6.20. The van der Waals surface area contributed by atoms with Gasteiger partial charge >= 0.3 is 6.01 Å². The number of unbranched alkanes of at least 4 members (excludes halogenated alkanes) is 1. The summed E-state index contributed by atoms with van der Waals surface area (Å²) in [4.78, 5) is 15.0. The highest BCUT2D eigenvalue weighted by Crippen LogP contribution is 2.31. The fourth-order valence-electron chi connectivity index (χ4n) is 4.44. The van der Waals surface area contributed by atoms with E-state index in [0.717, 1.165) is 51.6 Å². The summed E-state index contributed by atoms with van der Waals surface area (Å²) in [6, 6.07) is 5.79. The molecular weight excluding hydrogens is 414 g/mol. The van der Waals surface area contributed by atoms with Crippen LogP contribution in [0.3, 0.4) is 0 Å². The van der Waals surface area contributed by atoms with Crippen LogP contribution in [0.25, 0.3) is 11.5 Å². The molecule has 1 aliphatic carbocycles. The highest BCUT2D eigenvalue weighted by molar-refractivity contribution is 6.33. The molecule has 1 aromatic carbocycles. The Bertz CT molecular complexity index is 859. The number of nitrogens with zero attached hydrogens (tertiary/aromatic N) is 3. The van der Waals surface area contributed by atoms with E-state index in [1.807, 2.05) is 12.1 Å². The Kier molecular flexibility index (Phi) is 7.81. The van der Waals surface area contributed by atoms with Crippen molar-refractivity contribution in [2.75, 3.05) is 36.8 Å². The van der Waals surface area contributed by atoms with Crippen LogP contribution in [-0.4, -0.2) is 47.2 Å². The second kappa shape index (κ2) is 11.0. The maximum atomic E-state index is 12.5. The Labute approximate surface area is 188 Å². The first-order chi connectivity index (χ1) is 15.2. The van der Waals surface area contributed by atoms with Gasteiger partial charge in [-0.1, -0.05) is 36.0 Å². The van der Waals surface area contributed by atoms with Crippen molar-refractivity contribution in [3.05, 3.63) is 23.2 Å². The van der Waals surface area contributed by atoms with E-state index in [1.165, 1.54) is 32.4 Å². The van der Waals surface area contributed by atoms with Crippen LogP contribution in [-0.2, 0) is 4.79 Å². The molecule has 2 N–H and O–H groups in total. The normalized spacial score (nSPS) is 17.7. The molecule has 1 amide bonds. The van der Waals surface area contributed by atoms with E-state index in [4.69, 9.17) is 16.0 Å². The van der Waals surface area contributed by atoms with Crippen LogP contribution in [0.4, 0.5) is 11.7 Å². The van der Waals surface area contributed by atoms with Gasteiger partial charge in [0, 0.05) is 18.2 Å². The molecule has 2 heterocycles. The lowest BCUT2D eigenvalue weighted by Crippen LogP contribution is -2.24. The van der Waals surface area contributed by atoms with Crippen LogP contribution in [0.2, 0.25) is 5.02 Å². The Balaban J connectivity index is 1.26. The molecule has 0 spiro atoms. The van der Waals surface area contributed by atoms with Gasteiger partial charge in [-0.15, -0.1) is 5.10 Å². The van der Waals surface area contributed by atoms with E-state index < -0.39 is 0 Å². The minimum atomic E-state index is 0.0810. The number of likely N-dealkylation sites (tertiary alicyclic amines) is 1. The first-order valence-electron chi connectivity index (χ1n) is 11.6. The Hall–Kier alpha value is -2.12. The van der Waals surface area contributed by atoms with Gasteiger partial charge in [0.05, 0.1) is 10.6 Å². The fourth-order valence-corrected chi connectivity index (χ4v) is 4.70. The fraction of sp³-hybridized carbons (Fsp3) is 0.609. The minimum absolute atomic E-state index is 0.0810. The maximum Gasteiger partial charge on any atom is 0.315 e. The zero-order chi connectivity index (χ0) is 21.5. The van der Waals surface area contributed by atoms with Crippen LogP contribution in [0, 0.1) is 5.92 Å². The third-order valence-corrected chi connectivity index (χ3v) is 6.56. The lowest BCUT2D eigenvalue weighted by Gasteiger charge is -2.20. The molecule has 0 unspecified atom stereocenters. The number of aromatic nitrogens is 2. The second-order valence-corrected chi connectivity index (χ2v) is 9.02. The van der Waals surface area contributed by atoms with E-state index in [2.05, 4.69) is 25.7 Å². The van der Waals surface area contributed by atoms with Crippen molar-refractivity contribution in [2.24, 2.45) is 5.92 Å². The van der Waals surface area contributed by atoms with Crippen molar-refractivity contribution in [1.29, 1.82) is 0 Å². The number of amides is 1. The molecule has 2 fully saturated rings. The van der Waals surface area contributed by atoms with Crippen molar-refractivity contribution in [2.45, 2.75) is 57.8 Å². The SMILES string of the molecule is O=C(Nc1ccc(-c2nnc(NCCCCN3CCCC3)o2)c(Cl)c1)C1CCCCC1. The first-order valence-corrected chi connectivity index (χ1v) is 12.0. The van der Waals surface area contributed by atoms with Crippen molar-refractivity contribution >= 4 is 29.2 Å². The number of nitrogens with one attached hydrogen (secondary N) is 2. The lowest BCUT2D eigenvalue weighted by molar-refractivity contribution is -0.120. The molecule has 0 radical (unpaired) electrons. The molecule has 1 saturated carbocycles. The monoisotopic (exact) mass is 445 g/mol. The smallest absolute Gasteiger partial charge is 0.315 e. The molecule has 0 bridgehead atoms. The predicted molar refractivity (Wildman–Crippen MR) is 123 cm³/mol. The van der Waals surface area contributed by atoms with Crippen molar-refractivity contribution in [3.8, 4) is 11.5 Å². The summed E-state index contributed by atoms with van der Waals surface area (Å²) < 4.78 is 5.73. The highest BCUT2D eigenvalue weighted by atomic mass is 35.5. The molecular formula is C23H32ClN5O2. The molecule has 1 aliphatic heterocycles. The zero-order valence-corrected chi connectivity index (χ0v) is 18.8. The van der Waals surface area contributed by atoms with Gasteiger partial charge in [0.15, 0.2) is 0 Å². The molecule has 1 saturated heterocycles. The topological polar surface area (TPSA) is 83.3 Å².